The molecule has 2 nitrogen and oxygen atoms in total. The van der Waals surface area contributed by atoms with Gasteiger partial charge in [0.1, 0.15) is 5.82 Å². The number of aromatic nitrogens is 1. The van der Waals surface area contributed by atoms with Gasteiger partial charge in [-0.1, -0.05) is 40.7 Å². The first-order chi connectivity index (χ1) is 8.82. The fourth-order valence-corrected chi connectivity index (χ4v) is 2.35. The first-order valence-electron chi connectivity index (χ1n) is 7.03. The molecule has 0 spiro atoms. The van der Waals surface area contributed by atoms with Gasteiger partial charge in [-0.15, -0.1) is 0 Å². The van der Waals surface area contributed by atoms with Crippen LogP contribution in [0.4, 0.5) is 5.82 Å². The average molecular weight is 256 g/mol. The van der Waals surface area contributed by atoms with Gasteiger partial charge in [-0.2, -0.15) is 0 Å². The highest BCUT2D eigenvalue weighted by Gasteiger charge is 2.18. The summed E-state index contributed by atoms with van der Waals surface area (Å²) in [4.78, 5) is 4.55. The lowest BCUT2D eigenvalue weighted by molar-refractivity contribution is 0.591. The standard InChI is InChI=1S/C17H24N2/c1-6-11(2)12-7-8-15-13(9-12)10-14(16(18)19-15)17(3,4)5/h7-11H,6H2,1-5H3,(H2,18,19). The summed E-state index contributed by atoms with van der Waals surface area (Å²) >= 11 is 0. The van der Waals surface area contributed by atoms with Crippen LogP contribution in [0.2, 0.25) is 0 Å². The Hall–Kier alpha value is -1.57. The molecule has 0 aliphatic carbocycles. The van der Waals surface area contributed by atoms with Crippen LogP contribution in [0.3, 0.4) is 0 Å². The van der Waals surface area contributed by atoms with Gasteiger partial charge in [-0.05, 0) is 41.5 Å². The predicted molar refractivity (Wildman–Crippen MR) is 83.6 cm³/mol. The molecule has 0 radical (unpaired) electrons. The number of pyridine rings is 1. The van der Waals surface area contributed by atoms with Crippen molar-refractivity contribution in [3.63, 3.8) is 0 Å². The molecule has 0 bridgehead atoms. The molecule has 1 unspecified atom stereocenters. The molecule has 0 aliphatic rings. The van der Waals surface area contributed by atoms with E-state index in [1.807, 2.05) is 0 Å². The van der Waals surface area contributed by atoms with Gasteiger partial charge in [0, 0.05) is 10.9 Å². The van der Waals surface area contributed by atoms with E-state index in [1.54, 1.807) is 0 Å². The topological polar surface area (TPSA) is 38.9 Å². The summed E-state index contributed by atoms with van der Waals surface area (Å²) in [7, 11) is 0. The smallest absolute Gasteiger partial charge is 0.127 e. The van der Waals surface area contributed by atoms with Gasteiger partial charge in [0.15, 0.2) is 0 Å². The maximum atomic E-state index is 6.09. The molecule has 1 aromatic heterocycles. The van der Waals surface area contributed by atoms with Crippen molar-refractivity contribution in [3.8, 4) is 0 Å². The lowest BCUT2D eigenvalue weighted by atomic mass is 9.86. The maximum absolute atomic E-state index is 6.09. The quantitative estimate of drug-likeness (QED) is 0.851. The van der Waals surface area contributed by atoms with Gasteiger partial charge < -0.3 is 5.73 Å². The van der Waals surface area contributed by atoms with Gasteiger partial charge in [0.25, 0.3) is 0 Å². The Morgan fingerprint density at radius 1 is 1.21 bits per heavy atom. The molecule has 2 heteroatoms. The van der Waals surface area contributed by atoms with Crippen LogP contribution < -0.4 is 5.73 Å². The van der Waals surface area contributed by atoms with Crippen LogP contribution in [0.1, 0.15) is 58.1 Å². The van der Waals surface area contributed by atoms with E-state index < -0.39 is 0 Å². The first-order valence-corrected chi connectivity index (χ1v) is 7.03. The fraction of sp³-hybridized carbons (Fsp3) is 0.471. The van der Waals surface area contributed by atoms with Crippen molar-refractivity contribution in [2.75, 3.05) is 5.73 Å². The summed E-state index contributed by atoms with van der Waals surface area (Å²) in [5.74, 6) is 1.23. The lowest BCUT2D eigenvalue weighted by Gasteiger charge is -2.21. The number of hydrogen-bond donors (Lipinski definition) is 1. The summed E-state index contributed by atoms with van der Waals surface area (Å²) in [6, 6.07) is 8.70. The Morgan fingerprint density at radius 3 is 2.47 bits per heavy atom. The molecule has 2 aromatic rings. The van der Waals surface area contributed by atoms with Crippen molar-refractivity contribution >= 4 is 16.7 Å². The van der Waals surface area contributed by atoms with Gasteiger partial charge in [0.05, 0.1) is 5.52 Å². The maximum Gasteiger partial charge on any atom is 0.127 e. The minimum absolute atomic E-state index is 0.0254. The zero-order valence-electron chi connectivity index (χ0n) is 12.6. The van der Waals surface area contributed by atoms with E-state index in [4.69, 9.17) is 5.73 Å². The van der Waals surface area contributed by atoms with E-state index in [1.165, 1.54) is 10.9 Å². The monoisotopic (exact) mass is 256 g/mol. The number of nitrogen functional groups attached to an aromatic ring is 1. The van der Waals surface area contributed by atoms with Crippen molar-refractivity contribution in [2.45, 2.75) is 52.4 Å². The normalized spacial score (nSPS) is 13.7. The van der Waals surface area contributed by atoms with Crippen molar-refractivity contribution in [1.29, 1.82) is 0 Å². The minimum Gasteiger partial charge on any atom is -0.383 e. The van der Waals surface area contributed by atoms with Gasteiger partial charge >= 0.3 is 0 Å². The van der Waals surface area contributed by atoms with Crippen molar-refractivity contribution < 1.29 is 0 Å². The van der Waals surface area contributed by atoms with E-state index >= 15 is 0 Å². The molecule has 1 heterocycles. The molecule has 0 saturated carbocycles. The van der Waals surface area contributed by atoms with Crippen molar-refractivity contribution in [1.82, 2.24) is 4.98 Å². The highest BCUT2D eigenvalue weighted by molar-refractivity contribution is 5.82. The average Bonchev–Trinajstić information content (AvgIpc) is 2.35. The molecule has 1 aromatic carbocycles. The molecule has 2 rings (SSSR count). The predicted octanol–water partition coefficient (Wildman–Crippen LogP) is 4.63. The SMILES string of the molecule is CCC(C)c1ccc2nc(N)c(C(C)(C)C)cc2c1. The van der Waals surface area contributed by atoms with E-state index in [9.17, 15) is 0 Å². The van der Waals surface area contributed by atoms with Gasteiger partial charge in [-0.25, -0.2) is 4.98 Å². The second-order valence-electron chi connectivity index (χ2n) is 6.43. The van der Waals surface area contributed by atoms with E-state index in [0.29, 0.717) is 11.7 Å². The third-order valence-electron chi connectivity index (χ3n) is 3.86. The molecule has 102 valence electrons. The Kier molecular flexibility index (Phi) is 3.53. The molecule has 19 heavy (non-hydrogen) atoms. The summed E-state index contributed by atoms with van der Waals surface area (Å²) in [5.41, 5.74) is 9.60. The molecular weight excluding hydrogens is 232 g/mol. The van der Waals surface area contributed by atoms with Crippen LogP contribution >= 0.6 is 0 Å². The second-order valence-corrected chi connectivity index (χ2v) is 6.43. The van der Waals surface area contributed by atoms with Crippen LogP contribution in [0, 0.1) is 0 Å². The highest BCUT2D eigenvalue weighted by Crippen LogP contribution is 2.31. The van der Waals surface area contributed by atoms with E-state index in [0.717, 1.165) is 17.5 Å². The van der Waals surface area contributed by atoms with Crippen LogP contribution in [0.15, 0.2) is 24.3 Å². The fourth-order valence-electron chi connectivity index (χ4n) is 2.35. The third-order valence-corrected chi connectivity index (χ3v) is 3.86. The van der Waals surface area contributed by atoms with Crippen LogP contribution in [-0.2, 0) is 5.41 Å². The molecule has 0 aliphatic heterocycles. The summed E-state index contributed by atoms with van der Waals surface area (Å²) < 4.78 is 0. The third kappa shape index (κ3) is 2.73. The van der Waals surface area contributed by atoms with Gasteiger partial charge in [0.2, 0.25) is 0 Å². The van der Waals surface area contributed by atoms with Crippen LogP contribution in [0.25, 0.3) is 10.9 Å². The van der Waals surface area contributed by atoms with Crippen molar-refractivity contribution in [3.05, 3.63) is 35.4 Å². The zero-order valence-corrected chi connectivity index (χ0v) is 12.6. The number of anilines is 1. The summed E-state index contributed by atoms with van der Waals surface area (Å²) in [5, 5.41) is 1.19. The number of benzene rings is 1. The largest absolute Gasteiger partial charge is 0.383 e. The summed E-state index contributed by atoms with van der Waals surface area (Å²) in [6.45, 7) is 11.0. The Bertz CT molecular complexity index is 594. The number of hydrogen-bond acceptors (Lipinski definition) is 2. The molecular formula is C17H24N2. The number of fused-ring (bicyclic) bond motifs is 1. The molecule has 0 saturated heterocycles. The highest BCUT2D eigenvalue weighted by atomic mass is 14.8. The molecule has 1 atom stereocenters. The minimum atomic E-state index is 0.0254. The van der Waals surface area contributed by atoms with E-state index in [-0.39, 0.29) is 5.41 Å². The van der Waals surface area contributed by atoms with Crippen LogP contribution in [-0.4, -0.2) is 4.98 Å². The van der Waals surface area contributed by atoms with E-state index in [2.05, 4.69) is 63.9 Å². The Morgan fingerprint density at radius 2 is 1.89 bits per heavy atom. The second kappa shape index (κ2) is 4.84. The number of nitrogens with zero attached hydrogens (tertiary/aromatic N) is 1. The summed E-state index contributed by atoms with van der Waals surface area (Å²) in [6.07, 6.45) is 1.15. The van der Waals surface area contributed by atoms with Crippen molar-refractivity contribution in [2.24, 2.45) is 0 Å². The Labute approximate surface area is 116 Å². The number of rotatable bonds is 2. The van der Waals surface area contributed by atoms with Gasteiger partial charge in [-0.3, -0.25) is 0 Å². The zero-order chi connectivity index (χ0) is 14.2. The number of nitrogens with two attached hydrogens (primary N) is 1. The molecule has 0 amide bonds. The molecule has 0 fully saturated rings. The molecule has 2 N–H and O–H groups in total. The van der Waals surface area contributed by atoms with Crippen LogP contribution in [0.5, 0.6) is 0 Å². The lowest BCUT2D eigenvalue weighted by Crippen LogP contribution is -2.15. The Balaban J connectivity index is 2.62. The first kappa shape index (κ1) is 13.9.